The number of nitrogens with one attached hydrogen (secondary N) is 1. The van der Waals surface area contributed by atoms with E-state index in [2.05, 4.69) is 32.2 Å². The molecule has 0 radical (unpaired) electrons. The summed E-state index contributed by atoms with van der Waals surface area (Å²) in [5.41, 5.74) is 0.0810. The van der Waals surface area contributed by atoms with Crippen LogP contribution in [-0.2, 0) is 0 Å². The van der Waals surface area contributed by atoms with Gasteiger partial charge in [-0.2, -0.15) is 5.26 Å². The van der Waals surface area contributed by atoms with Gasteiger partial charge in [-0.05, 0) is 43.4 Å². The van der Waals surface area contributed by atoms with Crippen molar-refractivity contribution in [3.8, 4) is 6.07 Å². The van der Waals surface area contributed by atoms with Crippen molar-refractivity contribution in [3.05, 3.63) is 0 Å². The van der Waals surface area contributed by atoms with E-state index in [-0.39, 0.29) is 5.54 Å². The van der Waals surface area contributed by atoms with Crippen LogP contribution in [0.4, 0.5) is 0 Å². The smallest absolute Gasteiger partial charge is 0.107 e. The molecule has 0 saturated heterocycles. The van der Waals surface area contributed by atoms with E-state index in [0.29, 0.717) is 17.4 Å². The van der Waals surface area contributed by atoms with Gasteiger partial charge in [0.1, 0.15) is 5.54 Å². The molecule has 0 aromatic rings. The normalized spacial score (nSPS) is 39.7. The lowest BCUT2D eigenvalue weighted by Crippen LogP contribution is -2.52. The first kappa shape index (κ1) is 11.0. The SMILES string of the molecule is CC1CC(C)(C)CC(C#N)(NC2CC2)C1. The van der Waals surface area contributed by atoms with Crippen molar-refractivity contribution >= 4 is 0 Å². The Morgan fingerprint density at radius 1 is 1.27 bits per heavy atom. The van der Waals surface area contributed by atoms with Crippen molar-refractivity contribution in [1.82, 2.24) is 5.32 Å². The third-order valence-corrected chi connectivity index (χ3v) is 3.65. The molecule has 2 fully saturated rings. The Kier molecular flexibility index (Phi) is 2.55. The van der Waals surface area contributed by atoms with Gasteiger partial charge >= 0.3 is 0 Å². The maximum absolute atomic E-state index is 9.46. The molecular formula is C13H22N2. The highest BCUT2D eigenvalue weighted by Crippen LogP contribution is 2.44. The van der Waals surface area contributed by atoms with Crippen molar-refractivity contribution in [1.29, 1.82) is 5.26 Å². The molecule has 2 rings (SSSR count). The van der Waals surface area contributed by atoms with Gasteiger partial charge in [-0.25, -0.2) is 0 Å². The molecule has 2 saturated carbocycles. The fourth-order valence-electron chi connectivity index (χ4n) is 3.42. The summed E-state index contributed by atoms with van der Waals surface area (Å²) in [5, 5.41) is 13.0. The van der Waals surface area contributed by atoms with Crippen LogP contribution >= 0.6 is 0 Å². The van der Waals surface area contributed by atoms with Crippen LogP contribution in [0.5, 0.6) is 0 Å². The molecule has 2 heteroatoms. The third-order valence-electron chi connectivity index (χ3n) is 3.65. The van der Waals surface area contributed by atoms with Gasteiger partial charge in [-0.1, -0.05) is 20.8 Å². The molecule has 0 amide bonds. The monoisotopic (exact) mass is 206 g/mol. The van der Waals surface area contributed by atoms with Gasteiger partial charge < -0.3 is 0 Å². The van der Waals surface area contributed by atoms with Crippen molar-refractivity contribution < 1.29 is 0 Å². The summed E-state index contributed by atoms with van der Waals surface area (Å²) in [4.78, 5) is 0. The van der Waals surface area contributed by atoms with Crippen LogP contribution in [0.2, 0.25) is 0 Å². The summed E-state index contributed by atoms with van der Waals surface area (Å²) in [5.74, 6) is 0.666. The summed E-state index contributed by atoms with van der Waals surface area (Å²) < 4.78 is 0. The van der Waals surface area contributed by atoms with Crippen molar-refractivity contribution in [3.63, 3.8) is 0 Å². The van der Waals surface area contributed by atoms with Crippen LogP contribution in [0.3, 0.4) is 0 Å². The predicted molar refractivity (Wildman–Crippen MR) is 61.3 cm³/mol. The van der Waals surface area contributed by atoms with Gasteiger partial charge in [-0.15, -0.1) is 0 Å². The van der Waals surface area contributed by atoms with E-state index in [1.165, 1.54) is 19.3 Å². The molecule has 0 heterocycles. The van der Waals surface area contributed by atoms with E-state index in [1.807, 2.05) is 0 Å². The maximum Gasteiger partial charge on any atom is 0.107 e. The lowest BCUT2D eigenvalue weighted by Gasteiger charge is -2.44. The van der Waals surface area contributed by atoms with Crippen LogP contribution in [0, 0.1) is 22.7 Å². The Morgan fingerprint density at radius 2 is 1.93 bits per heavy atom. The van der Waals surface area contributed by atoms with Crippen LogP contribution in [0.1, 0.15) is 52.9 Å². The quantitative estimate of drug-likeness (QED) is 0.754. The lowest BCUT2D eigenvalue weighted by atomic mass is 9.64. The van der Waals surface area contributed by atoms with Gasteiger partial charge in [0.15, 0.2) is 0 Å². The van der Waals surface area contributed by atoms with Crippen LogP contribution < -0.4 is 5.32 Å². The molecule has 0 aromatic carbocycles. The molecule has 2 unspecified atom stereocenters. The van der Waals surface area contributed by atoms with Gasteiger partial charge in [0, 0.05) is 6.04 Å². The number of rotatable bonds is 2. The van der Waals surface area contributed by atoms with E-state index in [1.54, 1.807) is 0 Å². The molecule has 2 atom stereocenters. The van der Waals surface area contributed by atoms with Gasteiger partial charge in [0.2, 0.25) is 0 Å². The second-order valence-corrected chi connectivity index (χ2v) is 6.47. The second kappa shape index (κ2) is 3.49. The Hall–Kier alpha value is -0.550. The summed E-state index contributed by atoms with van der Waals surface area (Å²) in [6.07, 6.45) is 5.82. The molecule has 2 nitrogen and oxygen atoms in total. The molecule has 15 heavy (non-hydrogen) atoms. The fourth-order valence-corrected chi connectivity index (χ4v) is 3.42. The molecule has 84 valence electrons. The average molecular weight is 206 g/mol. The first-order chi connectivity index (χ1) is 6.95. The standard InChI is InChI=1S/C13H22N2/c1-10-6-12(2,3)8-13(7-10,9-14)15-11-4-5-11/h10-11,15H,4-8H2,1-3H3. The minimum Gasteiger partial charge on any atom is -0.297 e. The molecule has 2 aliphatic rings. The Morgan fingerprint density at radius 3 is 2.40 bits per heavy atom. The molecule has 1 N–H and O–H groups in total. The first-order valence-electron chi connectivity index (χ1n) is 6.14. The zero-order valence-corrected chi connectivity index (χ0v) is 10.1. The molecular weight excluding hydrogens is 184 g/mol. The molecule has 0 aliphatic heterocycles. The molecule has 0 spiro atoms. The van der Waals surface area contributed by atoms with E-state index in [9.17, 15) is 5.26 Å². The minimum absolute atomic E-state index is 0.234. The van der Waals surface area contributed by atoms with E-state index >= 15 is 0 Å². The Labute approximate surface area is 93.0 Å². The number of hydrogen-bond donors (Lipinski definition) is 1. The number of nitrogens with zero attached hydrogens (tertiary/aromatic N) is 1. The van der Waals surface area contributed by atoms with E-state index < -0.39 is 0 Å². The zero-order chi connectivity index (χ0) is 11.1. The van der Waals surface area contributed by atoms with Crippen molar-refractivity contribution in [2.45, 2.75) is 64.5 Å². The second-order valence-electron chi connectivity index (χ2n) is 6.47. The number of nitriles is 1. The van der Waals surface area contributed by atoms with Gasteiger partial charge in [-0.3, -0.25) is 5.32 Å². The first-order valence-corrected chi connectivity index (χ1v) is 6.14. The maximum atomic E-state index is 9.46. The molecule has 2 aliphatic carbocycles. The highest BCUT2D eigenvalue weighted by molar-refractivity contribution is 5.14. The van der Waals surface area contributed by atoms with E-state index in [4.69, 9.17) is 0 Å². The summed E-state index contributed by atoms with van der Waals surface area (Å²) in [6, 6.07) is 3.19. The molecule has 0 bridgehead atoms. The van der Waals surface area contributed by atoms with Crippen LogP contribution in [0.25, 0.3) is 0 Å². The van der Waals surface area contributed by atoms with Gasteiger partial charge in [0.05, 0.1) is 6.07 Å². The zero-order valence-electron chi connectivity index (χ0n) is 10.1. The highest BCUT2D eigenvalue weighted by Gasteiger charge is 2.45. The van der Waals surface area contributed by atoms with Crippen molar-refractivity contribution in [2.24, 2.45) is 11.3 Å². The van der Waals surface area contributed by atoms with E-state index in [0.717, 1.165) is 12.8 Å². The third kappa shape index (κ3) is 2.52. The van der Waals surface area contributed by atoms with Crippen LogP contribution in [-0.4, -0.2) is 11.6 Å². The number of hydrogen-bond acceptors (Lipinski definition) is 2. The predicted octanol–water partition coefficient (Wildman–Crippen LogP) is 2.85. The molecule has 0 aromatic heterocycles. The lowest BCUT2D eigenvalue weighted by molar-refractivity contribution is 0.114. The minimum atomic E-state index is -0.234. The summed E-state index contributed by atoms with van der Waals surface area (Å²) in [7, 11) is 0. The van der Waals surface area contributed by atoms with Crippen molar-refractivity contribution in [2.75, 3.05) is 0 Å². The average Bonchev–Trinajstić information content (AvgIpc) is 2.84. The fraction of sp³-hybridized carbons (Fsp3) is 0.923. The summed E-state index contributed by atoms with van der Waals surface area (Å²) >= 11 is 0. The van der Waals surface area contributed by atoms with Gasteiger partial charge in [0.25, 0.3) is 0 Å². The summed E-state index contributed by atoms with van der Waals surface area (Å²) in [6.45, 7) is 6.87. The topological polar surface area (TPSA) is 35.8 Å². The Bertz CT molecular complexity index is 281. The Balaban J connectivity index is 2.12. The van der Waals surface area contributed by atoms with Crippen LogP contribution in [0.15, 0.2) is 0 Å². The largest absolute Gasteiger partial charge is 0.297 e. The highest BCUT2D eigenvalue weighted by atomic mass is 15.0.